The third-order valence-electron chi connectivity index (χ3n) is 13.0. The van der Waals surface area contributed by atoms with Gasteiger partial charge in [0.1, 0.15) is 6.10 Å². The van der Waals surface area contributed by atoms with Crippen molar-refractivity contribution < 1.29 is 24.5 Å². The summed E-state index contributed by atoms with van der Waals surface area (Å²) in [5.74, 6) is 0.327. The quantitative estimate of drug-likeness (QED) is 0.432. The number of hydrogen-bond acceptors (Lipinski definition) is 5. The second kappa shape index (κ2) is 7.01. The molecule has 7 aliphatic rings. The third-order valence-corrected chi connectivity index (χ3v) is 13.0. The molecule has 4 aliphatic carbocycles. The molecule has 5 nitrogen and oxygen atoms in total. The molecule has 0 aromatic rings. The molecule has 3 saturated heterocycles. The van der Waals surface area contributed by atoms with Gasteiger partial charge in [0.05, 0.1) is 18.3 Å². The largest absolute Gasteiger partial charge is 0.393 e. The highest BCUT2D eigenvalue weighted by molar-refractivity contribution is 5.96. The van der Waals surface area contributed by atoms with Gasteiger partial charge in [-0.2, -0.15) is 0 Å². The fourth-order valence-electron chi connectivity index (χ4n) is 10.8. The molecular formula is C30H46O5. The van der Waals surface area contributed by atoms with E-state index in [1.165, 1.54) is 5.57 Å². The van der Waals surface area contributed by atoms with Gasteiger partial charge in [0.15, 0.2) is 11.6 Å². The van der Waals surface area contributed by atoms with Crippen molar-refractivity contribution in [3.63, 3.8) is 0 Å². The van der Waals surface area contributed by atoms with Gasteiger partial charge in [0.2, 0.25) is 0 Å². The minimum absolute atomic E-state index is 0.0126. The summed E-state index contributed by atoms with van der Waals surface area (Å²) in [5.41, 5.74) is 0.588. The van der Waals surface area contributed by atoms with Crippen molar-refractivity contribution in [2.75, 3.05) is 6.61 Å². The van der Waals surface area contributed by atoms with Crippen molar-refractivity contribution >= 4 is 5.78 Å². The van der Waals surface area contributed by atoms with Gasteiger partial charge in [0.25, 0.3) is 0 Å². The molecule has 7 fully saturated rings. The van der Waals surface area contributed by atoms with Gasteiger partial charge in [-0.05, 0) is 99.9 Å². The zero-order valence-electron chi connectivity index (χ0n) is 22.8. The van der Waals surface area contributed by atoms with E-state index in [-0.39, 0.29) is 51.2 Å². The standard InChI is InChI=1S/C30H46O5/c1-17(14-21(32)24-26(4,5)35-24)18-8-10-27(6)19(18)15-20(31)23-28(27,7)11-9-22-25(2,3)30(33)13-12-29(22,23)16-34-30/h14,18-20,22-24,31,33H,8-13,15-16H2,1-7H3/b17-14+/t18-,19-,20-,22+,23+,24?,27-,28-,29-,30+/m1/s1. The first kappa shape index (κ1) is 24.6. The first-order valence-electron chi connectivity index (χ1n) is 14.1. The highest BCUT2D eigenvalue weighted by atomic mass is 16.6. The molecule has 4 saturated carbocycles. The van der Waals surface area contributed by atoms with E-state index in [0.29, 0.717) is 30.8 Å². The Balaban J connectivity index is 1.33. The number of carbonyl (C=O) groups is 1. The van der Waals surface area contributed by atoms with Crippen LogP contribution in [0.15, 0.2) is 11.6 Å². The third kappa shape index (κ3) is 2.88. The van der Waals surface area contributed by atoms with Gasteiger partial charge in [0, 0.05) is 17.3 Å². The Bertz CT molecular complexity index is 971. The van der Waals surface area contributed by atoms with Gasteiger partial charge in [-0.3, -0.25) is 4.79 Å². The fraction of sp³-hybridized carbons (Fsp3) is 0.900. The average molecular weight is 487 g/mol. The predicted molar refractivity (Wildman–Crippen MR) is 133 cm³/mol. The summed E-state index contributed by atoms with van der Waals surface area (Å²) in [6, 6.07) is 0. The van der Waals surface area contributed by atoms with Crippen molar-refractivity contribution in [2.24, 2.45) is 45.3 Å². The number of rotatable bonds is 3. The number of aliphatic hydroxyl groups is 2. The van der Waals surface area contributed by atoms with Gasteiger partial charge >= 0.3 is 0 Å². The second-order valence-electron chi connectivity index (χ2n) is 14.9. The highest BCUT2D eigenvalue weighted by Gasteiger charge is 2.76. The Hall–Kier alpha value is -0.750. The van der Waals surface area contributed by atoms with Crippen LogP contribution in [-0.2, 0) is 14.3 Å². The summed E-state index contributed by atoms with van der Waals surface area (Å²) >= 11 is 0. The second-order valence-corrected chi connectivity index (χ2v) is 14.9. The molecule has 0 aromatic heterocycles. The molecule has 0 aromatic carbocycles. The molecule has 35 heavy (non-hydrogen) atoms. The lowest BCUT2D eigenvalue weighted by Gasteiger charge is -2.74. The van der Waals surface area contributed by atoms with Crippen LogP contribution >= 0.6 is 0 Å². The van der Waals surface area contributed by atoms with Crippen LogP contribution < -0.4 is 0 Å². The molecule has 1 spiro atoms. The molecule has 7 rings (SSSR count). The summed E-state index contributed by atoms with van der Waals surface area (Å²) in [7, 11) is 0. The summed E-state index contributed by atoms with van der Waals surface area (Å²) in [5, 5.41) is 23.3. The maximum Gasteiger partial charge on any atom is 0.187 e. The Morgan fingerprint density at radius 3 is 2.23 bits per heavy atom. The van der Waals surface area contributed by atoms with Crippen LogP contribution in [0.25, 0.3) is 0 Å². The number of ether oxygens (including phenoxy) is 2. The van der Waals surface area contributed by atoms with Crippen LogP contribution in [0.5, 0.6) is 0 Å². The number of allylic oxidation sites excluding steroid dienone is 1. The van der Waals surface area contributed by atoms with Gasteiger partial charge in [-0.15, -0.1) is 0 Å². The molecule has 0 amide bonds. The van der Waals surface area contributed by atoms with E-state index in [4.69, 9.17) is 9.47 Å². The highest BCUT2D eigenvalue weighted by Crippen LogP contribution is 2.77. The van der Waals surface area contributed by atoms with E-state index < -0.39 is 5.79 Å². The number of carbonyl (C=O) groups excluding carboxylic acids is 1. The Morgan fingerprint density at radius 1 is 0.971 bits per heavy atom. The smallest absolute Gasteiger partial charge is 0.187 e. The van der Waals surface area contributed by atoms with Crippen molar-refractivity contribution in [2.45, 2.75) is 117 Å². The van der Waals surface area contributed by atoms with Crippen LogP contribution in [-0.4, -0.2) is 46.2 Å². The number of fused-ring (bicyclic) bond motifs is 5. The van der Waals surface area contributed by atoms with Crippen LogP contribution in [0, 0.1) is 45.3 Å². The Morgan fingerprint density at radius 2 is 1.63 bits per heavy atom. The van der Waals surface area contributed by atoms with Crippen LogP contribution in [0.4, 0.5) is 0 Å². The summed E-state index contributed by atoms with van der Waals surface area (Å²) in [6.45, 7) is 16.0. The maximum atomic E-state index is 12.8. The van der Waals surface area contributed by atoms with Gasteiger partial charge < -0.3 is 19.7 Å². The first-order valence-corrected chi connectivity index (χ1v) is 14.1. The van der Waals surface area contributed by atoms with Crippen molar-refractivity contribution in [3.05, 3.63) is 11.6 Å². The summed E-state index contributed by atoms with van der Waals surface area (Å²) in [6.07, 6.45) is 7.99. The fourth-order valence-corrected chi connectivity index (χ4v) is 10.8. The molecule has 1 unspecified atom stereocenters. The van der Waals surface area contributed by atoms with Crippen LogP contribution in [0.2, 0.25) is 0 Å². The number of epoxide rings is 1. The predicted octanol–water partition coefficient (Wildman–Crippen LogP) is 5.03. The topological polar surface area (TPSA) is 79.3 Å². The number of ketones is 1. The molecule has 3 heterocycles. The van der Waals surface area contributed by atoms with Crippen LogP contribution in [0.1, 0.15) is 93.4 Å². The molecular weight excluding hydrogens is 440 g/mol. The van der Waals surface area contributed by atoms with E-state index in [9.17, 15) is 15.0 Å². The van der Waals surface area contributed by atoms with Crippen molar-refractivity contribution in [1.29, 1.82) is 0 Å². The molecule has 5 heteroatoms. The average Bonchev–Trinajstić information content (AvgIpc) is 3.27. The van der Waals surface area contributed by atoms with E-state index in [1.54, 1.807) is 0 Å². The van der Waals surface area contributed by atoms with Crippen LogP contribution in [0.3, 0.4) is 0 Å². The van der Waals surface area contributed by atoms with E-state index in [2.05, 4.69) is 34.6 Å². The Kier molecular flexibility index (Phi) is 4.92. The van der Waals surface area contributed by atoms with Gasteiger partial charge in [-0.1, -0.05) is 33.3 Å². The molecule has 10 atom stereocenters. The number of hydrogen-bond donors (Lipinski definition) is 2. The zero-order chi connectivity index (χ0) is 25.4. The first-order chi connectivity index (χ1) is 16.1. The number of aliphatic hydroxyl groups excluding tert-OH is 1. The normalized spacial score (nSPS) is 55.6. The minimum Gasteiger partial charge on any atom is -0.393 e. The molecule has 0 radical (unpaired) electrons. The zero-order valence-corrected chi connectivity index (χ0v) is 22.8. The molecule has 3 aliphatic heterocycles. The van der Waals surface area contributed by atoms with E-state index in [1.807, 2.05) is 19.9 Å². The lowest BCUT2D eigenvalue weighted by atomic mass is 9.33. The van der Waals surface area contributed by atoms with E-state index in [0.717, 1.165) is 38.5 Å². The van der Waals surface area contributed by atoms with Crippen molar-refractivity contribution in [3.8, 4) is 0 Å². The lowest BCUT2D eigenvalue weighted by molar-refractivity contribution is -0.404. The summed E-state index contributed by atoms with van der Waals surface area (Å²) < 4.78 is 11.9. The van der Waals surface area contributed by atoms with Crippen molar-refractivity contribution in [1.82, 2.24) is 0 Å². The molecule has 2 N–H and O–H groups in total. The lowest BCUT2D eigenvalue weighted by Crippen LogP contribution is -2.75. The maximum absolute atomic E-state index is 12.8. The monoisotopic (exact) mass is 486 g/mol. The Labute approximate surface area is 211 Å². The SMILES string of the molecule is C/C(=C\C(=O)C1OC1(C)C)[C@H]1CC[C@]2(C)[C@@H]1C[C@@H](O)[C@@H]1[C@]34CC[C@](O)(OC3)C(C)(C)[C@@H]4CC[C@]12C. The van der Waals surface area contributed by atoms with E-state index >= 15 is 0 Å². The summed E-state index contributed by atoms with van der Waals surface area (Å²) in [4.78, 5) is 12.8. The minimum atomic E-state index is -1.04. The molecule has 196 valence electrons. The molecule has 2 bridgehead atoms. The van der Waals surface area contributed by atoms with Gasteiger partial charge in [-0.25, -0.2) is 0 Å².